The van der Waals surface area contributed by atoms with E-state index in [-0.39, 0.29) is 12.0 Å². The van der Waals surface area contributed by atoms with E-state index in [4.69, 9.17) is 9.26 Å². The molecule has 0 N–H and O–H groups in total. The third-order valence-electron chi connectivity index (χ3n) is 3.07. The van der Waals surface area contributed by atoms with E-state index in [1.807, 2.05) is 20.8 Å². The number of hydrogen-bond donors (Lipinski definition) is 0. The topological polar surface area (TPSA) is 75.9 Å². The molecule has 2 rings (SSSR count). The largest absolute Gasteiger partial charge is 0.444 e. The Morgan fingerprint density at radius 3 is 2.24 bits per heavy atom. The number of hydrogen-bond acceptors (Lipinski definition) is 5. The van der Waals surface area contributed by atoms with Gasteiger partial charge in [0.1, 0.15) is 11.4 Å². The van der Waals surface area contributed by atoms with Crippen LogP contribution >= 0.6 is 0 Å². The van der Waals surface area contributed by atoms with Gasteiger partial charge in [-0.3, -0.25) is 4.79 Å². The predicted molar refractivity (Wildman–Crippen MR) is 75.0 cm³/mol. The van der Waals surface area contributed by atoms with Crippen LogP contribution in [0.1, 0.15) is 37.0 Å². The monoisotopic (exact) mass is 295 g/mol. The molecule has 21 heavy (non-hydrogen) atoms. The standard InChI is InChI=1S/C14H21N3O4/c1-10-9-11(15-21-10)12(18)16-5-7-17(8-6-16)13(19)20-14(2,3)4/h9H,5-8H2,1-4H3. The van der Waals surface area contributed by atoms with Crippen molar-refractivity contribution >= 4 is 12.0 Å². The van der Waals surface area contributed by atoms with Crippen LogP contribution in [-0.4, -0.2) is 58.7 Å². The molecule has 0 aliphatic carbocycles. The zero-order chi connectivity index (χ0) is 15.6. The Morgan fingerprint density at radius 2 is 1.76 bits per heavy atom. The van der Waals surface area contributed by atoms with Crippen LogP contribution in [0, 0.1) is 6.92 Å². The molecule has 1 saturated heterocycles. The first kappa shape index (κ1) is 15.3. The van der Waals surface area contributed by atoms with Gasteiger partial charge in [-0.05, 0) is 27.7 Å². The highest BCUT2D eigenvalue weighted by Gasteiger charge is 2.28. The number of aryl methyl sites for hydroxylation is 1. The van der Waals surface area contributed by atoms with E-state index in [1.54, 1.807) is 22.8 Å². The van der Waals surface area contributed by atoms with Gasteiger partial charge in [0.15, 0.2) is 5.69 Å². The molecule has 7 nitrogen and oxygen atoms in total. The van der Waals surface area contributed by atoms with Crippen LogP contribution in [-0.2, 0) is 4.74 Å². The fourth-order valence-electron chi connectivity index (χ4n) is 2.05. The molecule has 1 aliphatic heterocycles. The molecule has 0 bridgehead atoms. The third kappa shape index (κ3) is 3.96. The summed E-state index contributed by atoms with van der Waals surface area (Å²) < 4.78 is 10.2. The summed E-state index contributed by atoms with van der Waals surface area (Å²) in [6.45, 7) is 9.07. The van der Waals surface area contributed by atoms with Crippen LogP contribution in [0.5, 0.6) is 0 Å². The van der Waals surface area contributed by atoms with Crippen molar-refractivity contribution in [2.75, 3.05) is 26.2 Å². The molecular formula is C14H21N3O4. The summed E-state index contributed by atoms with van der Waals surface area (Å²) in [6.07, 6.45) is -0.341. The molecule has 7 heteroatoms. The SMILES string of the molecule is Cc1cc(C(=O)N2CCN(C(=O)OC(C)(C)C)CC2)no1. The van der Waals surface area contributed by atoms with Gasteiger partial charge in [-0.1, -0.05) is 5.16 Å². The van der Waals surface area contributed by atoms with Gasteiger partial charge in [0.05, 0.1) is 0 Å². The first-order chi connectivity index (χ1) is 9.76. The zero-order valence-corrected chi connectivity index (χ0v) is 12.9. The lowest BCUT2D eigenvalue weighted by molar-refractivity contribution is 0.0139. The van der Waals surface area contributed by atoms with Gasteiger partial charge >= 0.3 is 6.09 Å². The van der Waals surface area contributed by atoms with Gasteiger partial charge in [-0.15, -0.1) is 0 Å². The van der Waals surface area contributed by atoms with E-state index in [9.17, 15) is 9.59 Å². The first-order valence-corrected chi connectivity index (χ1v) is 6.97. The highest BCUT2D eigenvalue weighted by atomic mass is 16.6. The van der Waals surface area contributed by atoms with Crippen molar-refractivity contribution in [3.8, 4) is 0 Å². The fraction of sp³-hybridized carbons (Fsp3) is 0.643. The normalized spacial score (nSPS) is 16.0. The maximum absolute atomic E-state index is 12.2. The summed E-state index contributed by atoms with van der Waals surface area (Å²) in [5.41, 5.74) is -0.208. The lowest BCUT2D eigenvalue weighted by atomic mass is 10.2. The molecule has 0 atom stereocenters. The van der Waals surface area contributed by atoms with Crippen molar-refractivity contribution in [2.45, 2.75) is 33.3 Å². The van der Waals surface area contributed by atoms with E-state index >= 15 is 0 Å². The molecular weight excluding hydrogens is 274 g/mol. The molecule has 116 valence electrons. The van der Waals surface area contributed by atoms with Gasteiger partial charge in [0.25, 0.3) is 5.91 Å². The third-order valence-corrected chi connectivity index (χ3v) is 3.07. The van der Waals surface area contributed by atoms with Crippen LogP contribution in [0.3, 0.4) is 0 Å². The van der Waals surface area contributed by atoms with E-state index in [0.29, 0.717) is 37.6 Å². The van der Waals surface area contributed by atoms with E-state index in [1.165, 1.54) is 0 Å². The maximum atomic E-state index is 12.2. The molecule has 0 spiro atoms. The Labute approximate surface area is 123 Å². The van der Waals surface area contributed by atoms with Crippen LogP contribution in [0.25, 0.3) is 0 Å². The highest BCUT2D eigenvalue weighted by molar-refractivity contribution is 5.92. The molecule has 0 radical (unpaired) electrons. The van der Waals surface area contributed by atoms with E-state index < -0.39 is 5.60 Å². The van der Waals surface area contributed by atoms with Crippen LogP contribution in [0.2, 0.25) is 0 Å². The van der Waals surface area contributed by atoms with Crippen molar-refractivity contribution < 1.29 is 18.8 Å². The van der Waals surface area contributed by atoms with Gasteiger partial charge in [0, 0.05) is 32.2 Å². The van der Waals surface area contributed by atoms with Crippen molar-refractivity contribution in [2.24, 2.45) is 0 Å². The Hall–Kier alpha value is -2.05. The summed E-state index contributed by atoms with van der Waals surface area (Å²) in [5.74, 6) is 0.432. The second kappa shape index (κ2) is 5.75. The van der Waals surface area contributed by atoms with Gasteiger partial charge in [-0.2, -0.15) is 0 Å². The van der Waals surface area contributed by atoms with E-state index in [2.05, 4.69) is 5.16 Å². The number of carbonyl (C=O) groups is 2. The van der Waals surface area contributed by atoms with Gasteiger partial charge < -0.3 is 19.1 Å². The Kier molecular flexibility index (Phi) is 4.20. The molecule has 0 unspecified atom stereocenters. The minimum atomic E-state index is -0.512. The summed E-state index contributed by atoms with van der Waals surface area (Å²) in [5, 5.41) is 3.72. The fourth-order valence-corrected chi connectivity index (χ4v) is 2.05. The van der Waals surface area contributed by atoms with E-state index in [0.717, 1.165) is 0 Å². The predicted octanol–water partition coefficient (Wildman–Crippen LogP) is 1.68. The molecule has 0 saturated carbocycles. The Balaban J connectivity index is 1.88. The molecule has 1 aliphatic rings. The van der Waals surface area contributed by atoms with Crippen molar-refractivity contribution in [1.82, 2.24) is 15.0 Å². The van der Waals surface area contributed by atoms with Crippen LogP contribution in [0.4, 0.5) is 4.79 Å². The van der Waals surface area contributed by atoms with Crippen molar-refractivity contribution in [3.05, 3.63) is 17.5 Å². The maximum Gasteiger partial charge on any atom is 0.410 e. The summed E-state index contributed by atoms with van der Waals surface area (Å²) in [4.78, 5) is 27.4. The molecule has 1 aromatic rings. The second-order valence-electron chi connectivity index (χ2n) is 6.08. The molecule has 1 fully saturated rings. The summed E-state index contributed by atoms with van der Waals surface area (Å²) >= 11 is 0. The number of ether oxygens (including phenoxy) is 1. The Morgan fingerprint density at radius 1 is 1.19 bits per heavy atom. The van der Waals surface area contributed by atoms with Gasteiger partial charge in [0.2, 0.25) is 0 Å². The minimum Gasteiger partial charge on any atom is -0.444 e. The van der Waals surface area contributed by atoms with Crippen LogP contribution < -0.4 is 0 Å². The molecule has 2 amide bonds. The number of amides is 2. The van der Waals surface area contributed by atoms with Crippen LogP contribution in [0.15, 0.2) is 10.6 Å². The first-order valence-electron chi connectivity index (χ1n) is 6.97. The number of carbonyl (C=O) groups excluding carboxylic acids is 2. The highest BCUT2D eigenvalue weighted by Crippen LogP contribution is 2.13. The molecule has 1 aromatic heterocycles. The zero-order valence-electron chi connectivity index (χ0n) is 12.9. The number of rotatable bonds is 1. The smallest absolute Gasteiger partial charge is 0.410 e. The Bertz CT molecular complexity index is 525. The lowest BCUT2D eigenvalue weighted by Crippen LogP contribution is -2.51. The quantitative estimate of drug-likeness (QED) is 0.788. The number of piperazine rings is 1. The molecule has 2 heterocycles. The lowest BCUT2D eigenvalue weighted by Gasteiger charge is -2.35. The summed E-state index contributed by atoms with van der Waals surface area (Å²) in [6, 6.07) is 1.61. The van der Waals surface area contributed by atoms with Crippen molar-refractivity contribution in [3.63, 3.8) is 0 Å². The summed E-state index contributed by atoms with van der Waals surface area (Å²) in [7, 11) is 0. The minimum absolute atomic E-state index is 0.171. The average molecular weight is 295 g/mol. The number of aromatic nitrogens is 1. The second-order valence-corrected chi connectivity index (χ2v) is 6.08. The number of nitrogens with zero attached hydrogens (tertiary/aromatic N) is 3. The van der Waals surface area contributed by atoms with Gasteiger partial charge in [-0.25, -0.2) is 4.79 Å². The molecule has 0 aromatic carbocycles. The van der Waals surface area contributed by atoms with Crippen molar-refractivity contribution in [1.29, 1.82) is 0 Å². The average Bonchev–Trinajstić information content (AvgIpc) is 2.83.